The van der Waals surface area contributed by atoms with E-state index in [0.29, 0.717) is 5.56 Å². The van der Waals surface area contributed by atoms with Crippen molar-refractivity contribution in [2.75, 3.05) is 0 Å². The zero-order valence-electron chi connectivity index (χ0n) is 12.8. The normalized spacial score (nSPS) is 10.8. The van der Waals surface area contributed by atoms with Gasteiger partial charge in [0.05, 0.1) is 23.5 Å². The Labute approximate surface area is 142 Å². The van der Waals surface area contributed by atoms with Crippen LogP contribution < -0.4 is 0 Å². The van der Waals surface area contributed by atoms with Crippen molar-refractivity contribution < 1.29 is 0 Å². The molecule has 0 bridgehead atoms. The van der Waals surface area contributed by atoms with E-state index in [-0.39, 0.29) is 0 Å². The summed E-state index contributed by atoms with van der Waals surface area (Å²) in [5, 5.41) is 20.7. The SMILES string of the molecule is Cc1[nH]ncc1-c1cc(Sc2cccnc2)c2c(C#N)cnn2c1. The summed E-state index contributed by atoms with van der Waals surface area (Å²) in [6, 6.07) is 8.16. The fourth-order valence-electron chi connectivity index (χ4n) is 2.57. The van der Waals surface area contributed by atoms with E-state index in [1.807, 2.05) is 25.3 Å². The van der Waals surface area contributed by atoms with Crippen molar-refractivity contribution in [2.45, 2.75) is 16.7 Å². The molecule has 0 aromatic carbocycles. The number of aromatic amines is 1. The number of nitrogens with one attached hydrogen (secondary N) is 1. The Hall–Kier alpha value is -3.11. The lowest BCUT2D eigenvalue weighted by Gasteiger charge is -2.08. The third-order valence-electron chi connectivity index (χ3n) is 3.70. The molecule has 4 aromatic rings. The molecule has 6 nitrogen and oxygen atoms in total. The van der Waals surface area contributed by atoms with Crippen molar-refractivity contribution in [3.63, 3.8) is 0 Å². The lowest BCUT2D eigenvalue weighted by molar-refractivity contribution is 0.951. The maximum absolute atomic E-state index is 9.37. The molecule has 0 spiro atoms. The molecule has 0 unspecified atom stereocenters. The summed E-state index contributed by atoms with van der Waals surface area (Å²) in [4.78, 5) is 6.11. The lowest BCUT2D eigenvalue weighted by atomic mass is 10.1. The Kier molecular flexibility index (Phi) is 3.52. The highest BCUT2D eigenvalue weighted by Crippen LogP contribution is 2.35. The molecule has 0 aliphatic carbocycles. The number of hydrogen-bond acceptors (Lipinski definition) is 5. The van der Waals surface area contributed by atoms with Crippen LogP contribution in [-0.2, 0) is 0 Å². The first-order chi connectivity index (χ1) is 11.8. The Morgan fingerprint density at radius 2 is 2.21 bits per heavy atom. The molecule has 0 saturated heterocycles. The van der Waals surface area contributed by atoms with Gasteiger partial charge in [-0.05, 0) is 25.1 Å². The van der Waals surface area contributed by atoms with Gasteiger partial charge in [-0.1, -0.05) is 11.8 Å². The minimum Gasteiger partial charge on any atom is -0.282 e. The van der Waals surface area contributed by atoms with Gasteiger partial charge in [0, 0.05) is 45.2 Å². The second kappa shape index (κ2) is 5.83. The number of H-pyrrole nitrogens is 1. The Morgan fingerprint density at radius 3 is 2.92 bits per heavy atom. The van der Waals surface area contributed by atoms with E-state index in [0.717, 1.165) is 32.1 Å². The number of nitrogens with zero attached hydrogens (tertiary/aromatic N) is 5. The number of fused-ring (bicyclic) bond motifs is 1. The molecule has 4 rings (SSSR count). The van der Waals surface area contributed by atoms with E-state index in [1.165, 1.54) is 0 Å². The number of pyridine rings is 2. The minimum atomic E-state index is 0.553. The maximum atomic E-state index is 9.37. The van der Waals surface area contributed by atoms with Crippen LogP contribution in [0, 0.1) is 18.3 Å². The van der Waals surface area contributed by atoms with Gasteiger partial charge in [-0.3, -0.25) is 10.1 Å². The largest absolute Gasteiger partial charge is 0.282 e. The van der Waals surface area contributed by atoms with Crippen molar-refractivity contribution in [3.8, 4) is 17.2 Å². The van der Waals surface area contributed by atoms with Crippen LogP contribution in [0.4, 0.5) is 0 Å². The van der Waals surface area contributed by atoms with Crippen LogP contribution in [0.5, 0.6) is 0 Å². The zero-order chi connectivity index (χ0) is 16.5. The number of hydrogen-bond donors (Lipinski definition) is 1. The third kappa shape index (κ3) is 2.43. The Balaban J connectivity index is 1.93. The number of aryl methyl sites for hydroxylation is 1. The van der Waals surface area contributed by atoms with Crippen LogP contribution in [0.1, 0.15) is 11.3 Å². The second-order valence-electron chi connectivity index (χ2n) is 5.26. The van der Waals surface area contributed by atoms with Crippen LogP contribution in [0.25, 0.3) is 16.6 Å². The summed E-state index contributed by atoms with van der Waals surface area (Å²) in [7, 11) is 0. The minimum absolute atomic E-state index is 0.553. The van der Waals surface area contributed by atoms with Crippen LogP contribution in [0.2, 0.25) is 0 Å². The molecule has 0 aliphatic rings. The van der Waals surface area contributed by atoms with Gasteiger partial charge in [-0.25, -0.2) is 4.52 Å². The highest BCUT2D eigenvalue weighted by Gasteiger charge is 2.14. The van der Waals surface area contributed by atoms with Crippen molar-refractivity contribution in [1.82, 2.24) is 24.8 Å². The molecule has 24 heavy (non-hydrogen) atoms. The molecule has 4 heterocycles. The Bertz CT molecular complexity index is 1060. The van der Waals surface area contributed by atoms with Gasteiger partial charge in [0.1, 0.15) is 6.07 Å². The van der Waals surface area contributed by atoms with E-state index in [9.17, 15) is 5.26 Å². The van der Waals surface area contributed by atoms with Crippen LogP contribution >= 0.6 is 11.8 Å². The van der Waals surface area contributed by atoms with Crippen molar-refractivity contribution in [1.29, 1.82) is 5.26 Å². The predicted octanol–water partition coefficient (Wildman–Crippen LogP) is 3.45. The Morgan fingerprint density at radius 1 is 1.29 bits per heavy atom. The van der Waals surface area contributed by atoms with Crippen LogP contribution in [-0.4, -0.2) is 24.8 Å². The molecule has 1 N–H and O–H groups in total. The first-order valence-electron chi connectivity index (χ1n) is 7.26. The monoisotopic (exact) mass is 332 g/mol. The van der Waals surface area contributed by atoms with Gasteiger partial charge >= 0.3 is 0 Å². The molecule has 7 heteroatoms. The number of rotatable bonds is 3. The smallest absolute Gasteiger partial charge is 0.103 e. The molecule has 0 atom stereocenters. The molecular weight excluding hydrogens is 320 g/mol. The van der Waals surface area contributed by atoms with Crippen molar-refractivity contribution in [3.05, 3.63) is 60.4 Å². The number of nitriles is 1. The fourth-order valence-corrected chi connectivity index (χ4v) is 3.57. The van der Waals surface area contributed by atoms with Gasteiger partial charge in [0.2, 0.25) is 0 Å². The van der Waals surface area contributed by atoms with Gasteiger partial charge in [0.15, 0.2) is 0 Å². The van der Waals surface area contributed by atoms with Crippen molar-refractivity contribution >= 4 is 17.3 Å². The van der Waals surface area contributed by atoms with Crippen molar-refractivity contribution in [2.24, 2.45) is 0 Å². The average molecular weight is 332 g/mol. The standard InChI is InChI=1S/C17H12N6S/c1-11-15(9-20-22-11)12-5-16(24-14-3-2-4-19-8-14)17-13(6-18)7-21-23(17)10-12/h2-5,7-10H,1H3,(H,20,22). The molecule has 0 fully saturated rings. The lowest BCUT2D eigenvalue weighted by Crippen LogP contribution is -1.92. The fraction of sp³-hybridized carbons (Fsp3) is 0.0588. The van der Waals surface area contributed by atoms with E-state index in [2.05, 4.69) is 32.4 Å². The first-order valence-corrected chi connectivity index (χ1v) is 8.07. The van der Waals surface area contributed by atoms with Gasteiger partial charge < -0.3 is 0 Å². The zero-order valence-corrected chi connectivity index (χ0v) is 13.6. The predicted molar refractivity (Wildman–Crippen MR) is 90.6 cm³/mol. The highest BCUT2D eigenvalue weighted by atomic mass is 32.2. The van der Waals surface area contributed by atoms with Crippen LogP contribution in [0.3, 0.4) is 0 Å². The van der Waals surface area contributed by atoms with Gasteiger partial charge in [0.25, 0.3) is 0 Å². The van der Waals surface area contributed by atoms with E-state index < -0.39 is 0 Å². The summed E-state index contributed by atoms with van der Waals surface area (Å²) in [6.07, 6.45) is 8.85. The summed E-state index contributed by atoms with van der Waals surface area (Å²) >= 11 is 1.56. The molecule has 0 saturated carbocycles. The summed E-state index contributed by atoms with van der Waals surface area (Å²) in [5.74, 6) is 0. The summed E-state index contributed by atoms with van der Waals surface area (Å²) in [5.41, 5.74) is 4.35. The van der Waals surface area contributed by atoms with Crippen LogP contribution in [0.15, 0.2) is 59.0 Å². The van der Waals surface area contributed by atoms with E-state index >= 15 is 0 Å². The van der Waals surface area contributed by atoms with E-state index in [4.69, 9.17) is 0 Å². The summed E-state index contributed by atoms with van der Waals surface area (Å²) in [6.45, 7) is 1.98. The molecular formula is C17H12N6S. The second-order valence-corrected chi connectivity index (χ2v) is 6.37. The number of aromatic nitrogens is 5. The maximum Gasteiger partial charge on any atom is 0.103 e. The molecule has 0 amide bonds. The quantitative estimate of drug-likeness (QED) is 0.621. The molecule has 0 aliphatic heterocycles. The van der Waals surface area contributed by atoms with E-state index in [1.54, 1.807) is 41.1 Å². The molecule has 4 aromatic heterocycles. The molecule has 0 radical (unpaired) electrons. The topological polar surface area (TPSA) is 82.7 Å². The third-order valence-corrected chi connectivity index (χ3v) is 4.71. The average Bonchev–Trinajstić information content (AvgIpc) is 3.21. The summed E-state index contributed by atoms with van der Waals surface area (Å²) < 4.78 is 1.75. The molecule has 116 valence electrons. The van der Waals surface area contributed by atoms with Gasteiger partial charge in [-0.15, -0.1) is 0 Å². The first kappa shape index (κ1) is 14.5. The van der Waals surface area contributed by atoms with Gasteiger partial charge in [-0.2, -0.15) is 15.5 Å². The highest BCUT2D eigenvalue weighted by molar-refractivity contribution is 7.99.